The minimum absolute atomic E-state index is 0.0252. The van der Waals surface area contributed by atoms with Crippen LogP contribution in [-0.4, -0.2) is 17.6 Å². The van der Waals surface area contributed by atoms with Crippen LogP contribution >= 0.6 is 0 Å². The van der Waals surface area contributed by atoms with Gasteiger partial charge in [-0.1, -0.05) is 32.9 Å². The lowest BCUT2D eigenvalue weighted by Crippen LogP contribution is -2.30. The smallest absolute Gasteiger partial charge is 0.255 e. The summed E-state index contributed by atoms with van der Waals surface area (Å²) in [5.74, 6) is 0.766. The van der Waals surface area contributed by atoms with Crippen molar-refractivity contribution in [2.24, 2.45) is 11.8 Å². The Kier molecular flexibility index (Phi) is 4.35. The minimum atomic E-state index is -0.217. The summed E-state index contributed by atoms with van der Waals surface area (Å²) in [7, 11) is 0. The molecule has 0 saturated carbocycles. The van der Waals surface area contributed by atoms with Gasteiger partial charge in [0.15, 0.2) is 0 Å². The molecule has 0 aromatic heterocycles. The maximum Gasteiger partial charge on any atom is 0.255 e. The van der Waals surface area contributed by atoms with Crippen molar-refractivity contribution in [2.75, 3.05) is 6.54 Å². The normalized spacial score (nSPS) is 12.5. The van der Waals surface area contributed by atoms with Crippen LogP contribution in [0.3, 0.4) is 0 Å². The number of rotatable bonds is 4. The first-order valence-electron chi connectivity index (χ1n) is 5.58. The van der Waals surface area contributed by atoms with Crippen molar-refractivity contribution in [3.05, 3.63) is 29.8 Å². The van der Waals surface area contributed by atoms with E-state index in [1.165, 1.54) is 6.07 Å². The predicted octanol–water partition coefficient (Wildman–Crippen LogP) is 2.41. The van der Waals surface area contributed by atoms with Gasteiger partial charge >= 0.3 is 0 Å². The first-order valence-corrected chi connectivity index (χ1v) is 5.58. The molecule has 0 heterocycles. The molecule has 1 atom stereocenters. The summed E-state index contributed by atoms with van der Waals surface area (Å²) in [6.45, 7) is 6.97. The van der Waals surface area contributed by atoms with Crippen molar-refractivity contribution < 1.29 is 9.90 Å². The summed E-state index contributed by atoms with van der Waals surface area (Å²) in [6.07, 6.45) is 0. The SMILES string of the molecule is CC(C)C(C)CNC(=O)c1ccccc1O. The zero-order chi connectivity index (χ0) is 12.1. The standard InChI is InChI=1S/C13H19NO2/c1-9(2)10(3)8-14-13(16)11-6-4-5-7-12(11)15/h4-7,9-10,15H,8H2,1-3H3,(H,14,16). The van der Waals surface area contributed by atoms with Crippen molar-refractivity contribution in [1.82, 2.24) is 5.32 Å². The van der Waals surface area contributed by atoms with Gasteiger partial charge in [-0.05, 0) is 24.0 Å². The molecule has 0 radical (unpaired) electrons. The van der Waals surface area contributed by atoms with Gasteiger partial charge in [0.1, 0.15) is 5.75 Å². The molecule has 0 spiro atoms. The third-order valence-electron chi connectivity index (χ3n) is 2.87. The average Bonchev–Trinajstić information content (AvgIpc) is 2.25. The maximum atomic E-state index is 11.7. The van der Waals surface area contributed by atoms with Crippen molar-refractivity contribution in [2.45, 2.75) is 20.8 Å². The van der Waals surface area contributed by atoms with Crippen LogP contribution in [0.25, 0.3) is 0 Å². The van der Waals surface area contributed by atoms with E-state index < -0.39 is 0 Å². The van der Waals surface area contributed by atoms with E-state index in [0.29, 0.717) is 23.9 Å². The molecular formula is C13H19NO2. The number of para-hydroxylation sites is 1. The Bertz CT molecular complexity index is 361. The number of phenolic OH excluding ortho intramolecular Hbond substituents is 1. The number of benzene rings is 1. The van der Waals surface area contributed by atoms with Gasteiger partial charge in [0, 0.05) is 6.54 Å². The molecule has 0 bridgehead atoms. The fourth-order valence-electron chi connectivity index (χ4n) is 1.25. The van der Waals surface area contributed by atoms with Gasteiger partial charge < -0.3 is 10.4 Å². The summed E-state index contributed by atoms with van der Waals surface area (Å²) < 4.78 is 0. The van der Waals surface area contributed by atoms with E-state index in [9.17, 15) is 9.90 Å². The summed E-state index contributed by atoms with van der Waals surface area (Å²) >= 11 is 0. The van der Waals surface area contributed by atoms with Crippen LogP contribution in [0.4, 0.5) is 0 Å². The Morgan fingerprint density at radius 2 is 1.94 bits per heavy atom. The van der Waals surface area contributed by atoms with Gasteiger partial charge in [-0.3, -0.25) is 4.79 Å². The average molecular weight is 221 g/mol. The number of phenols is 1. The highest BCUT2D eigenvalue weighted by Gasteiger charge is 2.12. The van der Waals surface area contributed by atoms with Crippen LogP contribution in [0.2, 0.25) is 0 Å². The largest absolute Gasteiger partial charge is 0.507 e. The van der Waals surface area contributed by atoms with Gasteiger partial charge in [0.2, 0.25) is 0 Å². The Labute approximate surface area is 96.5 Å². The lowest BCUT2D eigenvalue weighted by molar-refractivity contribution is 0.0942. The molecule has 3 nitrogen and oxygen atoms in total. The minimum Gasteiger partial charge on any atom is -0.507 e. The summed E-state index contributed by atoms with van der Waals surface area (Å²) in [4.78, 5) is 11.7. The van der Waals surface area contributed by atoms with Crippen molar-refractivity contribution in [3.63, 3.8) is 0 Å². The highest BCUT2D eigenvalue weighted by atomic mass is 16.3. The van der Waals surface area contributed by atoms with E-state index >= 15 is 0 Å². The molecular weight excluding hydrogens is 202 g/mol. The second-order valence-electron chi connectivity index (χ2n) is 4.45. The van der Waals surface area contributed by atoms with Crippen LogP contribution in [0.5, 0.6) is 5.75 Å². The topological polar surface area (TPSA) is 49.3 Å². The van der Waals surface area contributed by atoms with Gasteiger partial charge in [0.05, 0.1) is 5.56 Å². The first-order chi connectivity index (χ1) is 7.52. The molecule has 0 saturated heterocycles. The van der Waals surface area contributed by atoms with Gasteiger partial charge in [0.25, 0.3) is 5.91 Å². The van der Waals surface area contributed by atoms with Crippen LogP contribution in [0.15, 0.2) is 24.3 Å². The van der Waals surface area contributed by atoms with Gasteiger partial charge in [-0.25, -0.2) is 0 Å². The summed E-state index contributed by atoms with van der Waals surface area (Å²) in [6, 6.07) is 6.56. The van der Waals surface area contributed by atoms with E-state index in [-0.39, 0.29) is 11.7 Å². The maximum absolute atomic E-state index is 11.7. The first kappa shape index (κ1) is 12.6. The van der Waals surface area contributed by atoms with E-state index in [2.05, 4.69) is 26.1 Å². The lowest BCUT2D eigenvalue weighted by atomic mass is 9.98. The summed E-state index contributed by atoms with van der Waals surface area (Å²) in [5, 5.41) is 12.3. The van der Waals surface area contributed by atoms with Crippen molar-refractivity contribution in [3.8, 4) is 5.75 Å². The number of nitrogens with one attached hydrogen (secondary N) is 1. The molecule has 88 valence electrons. The molecule has 1 unspecified atom stereocenters. The fraction of sp³-hybridized carbons (Fsp3) is 0.462. The Morgan fingerprint density at radius 3 is 2.50 bits per heavy atom. The third kappa shape index (κ3) is 3.26. The third-order valence-corrected chi connectivity index (χ3v) is 2.87. The van der Waals surface area contributed by atoms with Crippen LogP contribution in [0.1, 0.15) is 31.1 Å². The molecule has 0 aliphatic rings. The Hall–Kier alpha value is -1.51. The number of hydrogen-bond acceptors (Lipinski definition) is 2. The van der Waals surface area contributed by atoms with E-state index in [1.54, 1.807) is 18.2 Å². The summed E-state index contributed by atoms with van der Waals surface area (Å²) in [5.41, 5.74) is 0.332. The molecule has 1 rings (SSSR count). The number of carbonyl (C=O) groups is 1. The van der Waals surface area contributed by atoms with E-state index in [1.807, 2.05) is 0 Å². The molecule has 1 aromatic carbocycles. The second kappa shape index (κ2) is 5.54. The second-order valence-corrected chi connectivity index (χ2v) is 4.45. The van der Waals surface area contributed by atoms with Crippen LogP contribution in [0, 0.1) is 11.8 Å². The molecule has 0 aliphatic heterocycles. The highest BCUT2D eigenvalue weighted by molar-refractivity contribution is 5.96. The number of hydrogen-bond donors (Lipinski definition) is 2. The quantitative estimate of drug-likeness (QED) is 0.820. The molecule has 0 aliphatic carbocycles. The zero-order valence-electron chi connectivity index (χ0n) is 10.0. The van der Waals surface area contributed by atoms with Crippen LogP contribution in [-0.2, 0) is 0 Å². The molecule has 2 N–H and O–H groups in total. The lowest BCUT2D eigenvalue weighted by Gasteiger charge is -2.16. The Morgan fingerprint density at radius 1 is 1.31 bits per heavy atom. The monoisotopic (exact) mass is 221 g/mol. The molecule has 3 heteroatoms. The van der Waals surface area contributed by atoms with E-state index in [4.69, 9.17) is 0 Å². The predicted molar refractivity (Wildman–Crippen MR) is 64.4 cm³/mol. The number of amides is 1. The zero-order valence-corrected chi connectivity index (χ0v) is 10.0. The fourth-order valence-corrected chi connectivity index (χ4v) is 1.25. The molecule has 0 fully saturated rings. The highest BCUT2D eigenvalue weighted by Crippen LogP contribution is 2.15. The van der Waals surface area contributed by atoms with Gasteiger partial charge in [-0.15, -0.1) is 0 Å². The number of carbonyl (C=O) groups excluding carboxylic acids is 1. The van der Waals surface area contributed by atoms with Crippen molar-refractivity contribution >= 4 is 5.91 Å². The molecule has 1 amide bonds. The molecule has 1 aromatic rings. The molecule has 16 heavy (non-hydrogen) atoms. The van der Waals surface area contributed by atoms with E-state index in [0.717, 1.165) is 0 Å². The number of aromatic hydroxyl groups is 1. The van der Waals surface area contributed by atoms with Crippen molar-refractivity contribution in [1.29, 1.82) is 0 Å². The van der Waals surface area contributed by atoms with Crippen LogP contribution < -0.4 is 5.32 Å². The Balaban J connectivity index is 2.57. The van der Waals surface area contributed by atoms with Gasteiger partial charge in [-0.2, -0.15) is 0 Å².